The zero-order chi connectivity index (χ0) is 15.7. The lowest BCUT2D eigenvalue weighted by Gasteiger charge is -2.05. The van der Waals surface area contributed by atoms with Crippen LogP contribution in [0.4, 0.5) is 4.79 Å². The monoisotopic (exact) mass is 335 g/mol. The Balaban J connectivity index is 1.96. The fourth-order valence-electron chi connectivity index (χ4n) is 1.95. The maximum absolute atomic E-state index is 12.3. The van der Waals surface area contributed by atoms with Crippen molar-refractivity contribution in [3.8, 4) is 11.5 Å². The van der Waals surface area contributed by atoms with Crippen molar-refractivity contribution in [3.05, 3.63) is 52.3 Å². The minimum atomic E-state index is -0.670. The van der Waals surface area contributed by atoms with E-state index in [-0.39, 0.29) is 4.84 Å². The first-order chi connectivity index (χ1) is 10.6. The predicted octanol–water partition coefficient (Wildman–Crippen LogP) is 4.67. The standard InChI is InChI=1S/C15H10ClNO4S/c1-19-10-3-5-11(6-4-10)20-14(18)17-12-8-9(16)2-7-13(12)21-15(17)22/h2-8H,1H3. The number of aromatic nitrogens is 1. The number of carbonyl (C=O) groups is 1. The zero-order valence-corrected chi connectivity index (χ0v) is 13.0. The number of rotatable bonds is 2. The molecule has 0 radical (unpaired) electrons. The summed E-state index contributed by atoms with van der Waals surface area (Å²) in [6.07, 6.45) is -0.670. The molecule has 3 rings (SSSR count). The highest BCUT2D eigenvalue weighted by Gasteiger charge is 2.16. The van der Waals surface area contributed by atoms with Gasteiger partial charge in [0.15, 0.2) is 5.58 Å². The third-order valence-electron chi connectivity index (χ3n) is 2.99. The van der Waals surface area contributed by atoms with Crippen LogP contribution < -0.4 is 9.47 Å². The molecule has 0 atom stereocenters. The van der Waals surface area contributed by atoms with Gasteiger partial charge in [0.2, 0.25) is 0 Å². The Bertz CT molecular complexity index is 898. The Morgan fingerprint density at radius 2 is 1.86 bits per heavy atom. The molecule has 0 aliphatic heterocycles. The van der Waals surface area contributed by atoms with Gasteiger partial charge in [-0.2, -0.15) is 0 Å². The summed E-state index contributed by atoms with van der Waals surface area (Å²) in [7, 11) is 1.56. The van der Waals surface area contributed by atoms with Gasteiger partial charge in [0, 0.05) is 5.02 Å². The normalized spacial score (nSPS) is 10.6. The van der Waals surface area contributed by atoms with Crippen molar-refractivity contribution in [1.29, 1.82) is 0 Å². The number of benzene rings is 2. The van der Waals surface area contributed by atoms with Gasteiger partial charge in [0.25, 0.3) is 4.84 Å². The lowest BCUT2D eigenvalue weighted by molar-refractivity contribution is 0.201. The van der Waals surface area contributed by atoms with Crippen LogP contribution in [0.15, 0.2) is 46.9 Å². The summed E-state index contributed by atoms with van der Waals surface area (Å²) in [6, 6.07) is 11.5. The summed E-state index contributed by atoms with van der Waals surface area (Å²) in [4.78, 5) is 12.3. The molecule has 5 nitrogen and oxygen atoms in total. The number of nitrogens with zero attached hydrogens (tertiary/aromatic N) is 1. The third-order valence-corrected chi connectivity index (χ3v) is 3.49. The highest BCUT2D eigenvalue weighted by atomic mass is 35.5. The van der Waals surface area contributed by atoms with Crippen LogP contribution in [-0.4, -0.2) is 17.8 Å². The first kappa shape index (κ1) is 14.6. The van der Waals surface area contributed by atoms with Crippen molar-refractivity contribution in [2.45, 2.75) is 0 Å². The molecule has 112 valence electrons. The molecule has 0 aliphatic carbocycles. The van der Waals surface area contributed by atoms with E-state index in [0.29, 0.717) is 27.6 Å². The molecule has 7 heteroatoms. The second-order valence-electron chi connectivity index (χ2n) is 4.36. The average Bonchev–Trinajstić information content (AvgIpc) is 2.83. The Kier molecular flexibility index (Phi) is 3.87. The van der Waals surface area contributed by atoms with Crippen LogP contribution in [0.25, 0.3) is 11.1 Å². The van der Waals surface area contributed by atoms with Crippen LogP contribution in [0, 0.1) is 4.84 Å². The van der Waals surface area contributed by atoms with Gasteiger partial charge >= 0.3 is 6.09 Å². The van der Waals surface area contributed by atoms with Gasteiger partial charge < -0.3 is 13.9 Å². The van der Waals surface area contributed by atoms with Gasteiger partial charge in [-0.1, -0.05) is 11.6 Å². The second-order valence-corrected chi connectivity index (χ2v) is 5.14. The van der Waals surface area contributed by atoms with Gasteiger partial charge in [0.05, 0.1) is 7.11 Å². The molecule has 0 spiro atoms. The summed E-state index contributed by atoms with van der Waals surface area (Å²) in [5, 5.41) is 0.467. The lowest BCUT2D eigenvalue weighted by atomic mass is 10.3. The van der Waals surface area contributed by atoms with E-state index in [1.165, 1.54) is 0 Å². The Morgan fingerprint density at radius 1 is 1.18 bits per heavy atom. The largest absolute Gasteiger partial charge is 0.497 e. The summed E-state index contributed by atoms with van der Waals surface area (Å²) >= 11 is 11.0. The highest BCUT2D eigenvalue weighted by Crippen LogP contribution is 2.23. The van der Waals surface area contributed by atoms with Gasteiger partial charge in [0.1, 0.15) is 17.0 Å². The van der Waals surface area contributed by atoms with Crippen LogP contribution >= 0.6 is 23.8 Å². The predicted molar refractivity (Wildman–Crippen MR) is 84.5 cm³/mol. The smallest absolute Gasteiger partial charge is 0.427 e. The van der Waals surface area contributed by atoms with E-state index in [1.54, 1.807) is 49.6 Å². The van der Waals surface area contributed by atoms with E-state index in [4.69, 9.17) is 37.7 Å². The molecule has 1 aromatic heterocycles. The van der Waals surface area contributed by atoms with Gasteiger partial charge in [-0.15, -0.1) is 0 Å². The molecule has 3 aromatic rings. The zero-order valence-electron chi connectivity index (χ0n) is 11.4. The van der Waals surface area contributed by atoms with Crippen LogP contribution in [0.3, 0.4) is 0 Å². The van der Waals surface area contributed by atoms with Crippen LogP contribution in [0.1, 0.15) is 0 Å². The fraction of sp³-hybridized carbons (Fsp3) is 0.0667. The summed E-state index contributed by atoms with van der Waals surface area (Å²) < 4.78 is 16.8. The van der Waals surface area contributed by atoms with E-state index in [2.05, 4.69) is 0 Å². The topological polar surface area (TPSA) is 53.6 Å². The summed E-state index contributed by atoms with van der Waals surface area (Å²) in [5.41, 5.74) is 0.914. The van der Waals surface area contributed by atoms with Crippen LogP contribution in [-0.2, 0) is 0 Å². The summed E-state index contributed by atoms with van der Waals surface area (Å²) in [6.45, 7) is 0. The Labute approximate surface area is 135 Å². The maximum atomic E-state index is 12.3. The molecule has 0 unspecified atom stereocenters. The number of ether oxygens (including phenoxy) is 2. The van der Waals surface area contributed by atoms with E-state index >= 15 is 0 Å². The third kappa shape index (κ3) is 2.70. The summed E-state index contributed by atoms with van der Waals surface area (Å²) in [5.74, 6) is 1.03. The highest BCUT2D eigenvalue weighted by molar-refractivity contribution is 7.71. The minimum absolute atomic E-state index is 0.00391. The number of oxazole rings is 1. The quantitative estimate of drug-likeness (QED) is 0.637. The first-order valence-electron chi connectivity index (χ1n) is 6.26. The molecule has 0 aliphatic rings. The van der Waals surface area contributed by atoms with Crippen molar-refractivity contribution in [1.82, 2.24) is 4.57 Å². The molecule has 0 saturated heterocycles. The van der Waals surface area contributed by atoms with Gasteiger partial charge in [-0.25, -0.2) is 9.36 Å². The number of carbonyl (C=O) groups excluding carboxylic acids is 1. The molecule has 22 heavy (non-hydrogen) atoms. The first-order valence-corrected chi connectivity index (χ1v) is 7.04. The fourth-order valence-corrected chi connectivity index (χ4v) is 2.38. The van der Waals surface area contributed by atoms with E-state index in [9.17, 15) is 4.79 Å². The number of hydrogen-bond acceptors (Lipinski definition) is 5. The molecule has 0 amide bonds. The van der Waals surface area contributed by atoms with Gasteiger partial charge in [-0.3, -0.25) is 0 Å². The van der Waals surface area contributed by atoms with E-state index in [1.807, 2.05) is 0 Å². The maximum Gasteiger partial charge on any atom is 0.427 e. The van der Waals surface area contributed by atoms with Crippen LogP contribution in [0.2, 0.25) is 5.02 Å². The molecule has 1 heterocycles. The molecular formula is C15H10ClNO4S. The van der Waals surface area contributed by atoms with Crippen molar-refractivity contribution >= 4 is 41.0 Å². The average molecular weight is 336 g/mol. The number of methoxy groups -OCH3 is 1. The minimum Gasteiger partial charge on any atom is -0.497 e. The molecule has 0 saturated carbocycles. The second kappa shape index (κ2) is 5.82. The van der Waals surface area contributed by atoms with Crippen molar-refractivity contribution in [2.75, 3.05) is 7.11 Å². The molecular weight excluding hydrogens is 326 g/mol. The molecule has 0 fully saturated rings. The number of fused-ring (bicyclic) bond motifs is 1. The van der Waals surface area contributed by atoms with E-state index < -0.39 is 6.09 Å². The molecule has 0 N–H and O–H groups in total. The van der Waals surface area contributed by atoms with Crippen molar-refractivity contribution in [3.63, 3.8) is 0 Å². The van der Waals surface area contributed by atoms with Crippen molar-refractivity contribution in [2.24, 2.45) is 0 Å². The lowest BCUT2D eigenvalue weighted by Crippen LogP contribution is -2.16. The van der Waals surface area contributed by atoms with Crippen LogP contribution in [0.5, 0.6) is 11.5 Å². The van der Waals surface area contributed by atoms with E-state index in [0.717, 1.165) is 4.57 Å². The number of hydrogen-bond donors (Lipinski definition) is 0. The molecule has 0 bridgehead atoms. The Morgan fingerprint density at radius 3 is 2.55 bits per heavy atom. The van der Waals surface area contributed by atoms with Gasteiger partial charge in [-0.05, 0) is 54.7 Å². The SMILES string of the molecule is COc1ccc(OC(=O)n2c(=S)oc3ccc(Cl)cc32)cc1. The number of halogens is 1. The molecule has 2 aromatic carbocycles. The Hall–Kier alpha value is -2.31. The van der Waals surface area contributed by atoms with Crippen molar-refractivity contribution < 1.29 is 18.7 Å².